The van der Waals surface area contributed by atoms with E-state index in [1.54, 1.807) is 0 Å². The molecule has 1 atom stereocenters. The number of alkyl halides is 3. The summed E-state index contributed by atoms with van der Waals surface area (Å²) >= 11 is 0. The molecule has 1 N–H and O–H groups in total. The van der Waals surface area contributed by atoms with Crippen molar-refractivity contribution >= 4 is 5.96 Å². The van der Waals surface area contributed by atoms with Crippen molar-refractivity contribution in [3.63, 3.8) is 0 Å². The average molecular weight is 384 g/mol. The molecule has 8 heteroatoms. The van der Waals surface area contributed by atoms with E-state index in [1.165, 1.54) is 12.1 Å². The highest BCUT2D eigenvalue weighted by atomic mass is 19.4. The van der Waals surface area contributed by atoms with Crippen molar-refractivity contribution in [2.24, 2.45) is 4.99 Å². The Kier molecular flexibility index (Phi) is 6.59. The van der Waals surface area contributed by atoms with Gasteiger partial charge in [-0.25, -0.2) is 4.99 Å². The van der Waals surface area contributed by atoms with E-state index in [1.807, 2.05) is 6.92 Å². The van der Waals surface area contributed by atoms with Crippen LogP contribution >= 0.6 is 0 Å². The molecule has 0 amide bonds. The van der Waals surface area contributed by atoms with Crippen LogP contribution in [0.2, 0.25) is 0 Å². The third-order valence-corrected chi connectivity index (χ3v) is 5.05. The Labute approximate surface area is 158 Å². The average Bonchev–Trinajstić information content (AvgIpc) is 3.15. The zero-order valence-corrected chi connectivity index (χ0v) is 15.6. The maximum Gasteiger partial charge on any atom is 0.416 e. The summed E-state index contributed by atoms with van der Waals surface area (Å²) in [5.41, 5.74) is 0.136. The van der Waals surface area contributed by atoms with Crippen molar-refractivity contribution in [2.45, 2.75) is 32.1 Å². The Balaban J connectivity index is 1.61. The predicted octanol–water partition coefficient (Wildman–Crippen LogP) is 2.58. The number of hydrogen-bond donors (Lipinski definition) is 1. The van der Waals surface area contributed by atoms with Gasteiger partial charge in [0.15, 0.2) is 5.96 Å². The molecule has 2 aliphatic heterocycles. The molecule has 2 aliphatic rings. The molecule has 1 unspecified atom stereocenters. The van der Waals surface area contributed by atoms with Gasteiger partial charge in [0.1, 0.15) is 0 Å². The lowest BCUT2D eigenvalue weighted by Gasteiger charge is -2.32. The van der Waals surface area contributed by atoms with Gasteiger partial charge in [-0.2, -0.15) is 13.2 Å². The first-order valence-corrected chi connectivity index (χ1v) is 9.48. The van der Waals surface area contributed by atoms with Gasteiger partial charge in [0.05, 0.1) is 25.3 Å². The first kappa shape index (κ1) is 19.9. The Hall–Kier alpha value is -1.80. The number of hydrogen-bond acceptors (Lipinski definition) is 3. The molecular weight excluding hydrogens is 357 g/mol. The first-order chi connectivity index (χ1) is 13.0. The highest BCUT2D eigenvalue weighted by molar-refractivity contribution is 5.80. The van der Waals surface area contributed by atoms with E-state index in [4.69, 9.17) is 4.74 Å². The first-order valence-electron chi connectivity index (χ1n) is 9.48. The van der Waals surface area contributed by atoms with E-state index in [0.717, 1.165) is 76.0 Å². The minimum absolute atomic E-state index is 0.360. The van der Waals surface area contributed by atoms with E-state index < -0.39 is 11.7 Å². The van der Waals surface area contributed by atoms with Gasteiger partial charge in [-0.15, -0.1) is 0 Å². The molecule has 0 aliphatic carbocycles. The molecule has 0 saturated carbocycles. The standard InChI is InChI=1S/C19H27F3N4O/c1-2-23-18(24-13-15-3-5-16(6-4-15)19(20,21)22)26-8-7-17(14-26)25-9-11-27-12-10-25/h3-6,17H,2,7-14H2,1H3,(H,23,24). The van der Waals surface area contributed by atoms with Crippen LogP contribution in [0.5, 0.6) is 0 Å². The van der Waals surface area contributed by atoms with Crippen LogP contribution in [0.1, 0.15) is 24.5 Å². The molecule has 1 aromatic rings. The highest BCUT2D eigenvalue weighted by Gasteiger charge is 2.31. The largest absolute Gasteiger partial charge is 0.416 e. The summed E-state index contributed by atoms with van der Waals surface area (Å²) in [5, 5.41) is 3.31. The predicted molar refractivity (Wildman–Crippen MR) is 98.6 cm³/mol. The molecule has 3 rings (SSSR count). The van der Waals surface area contributed by atoms with Crippen LogP contribution in [-0.4, -0.2) is 67.7 Å². The van der Waals surface area contributed by atoms with Gasteiger partial charge >= 0.3 is 6.18 Å². The Morgan fingerprint density at radius 1 is 1.19 bits per heavy atom. The summed E-state index contributed by atoms with van der Waals surface area (Å²) in [7, 11) is 0. The number of benzene rings is 1. The summed E-state index contributed by atoms with van der Waals surface area (Å²) in [5.74, 6) is 0.827. The van der Waals surface area contributed by atoms with Crippen molar-refractivity contribution in [1.82, 2.24) is 15.1 Å². The molecule has 0 aromatic heterocycles. The summed E-state index contributed by atoms with van der Waals surface area (Å²) in [6.45, 7) is 8.50. The van der Waals surface area contributed by atoms with Crippen LogP contribution < -0.4 is 5.32 Å². The van der Waals surface area contributed by atoms with E-state index in [9.17, 15) is 13.2 Å². The van der Waals surface area contributed by atoms with E-state index in [2.05, 4.69) is 20.1 Å². The second kappa shape index (κ2) is 8.93. The van der Waals surface area contributed by atoms with Crippen molar-refractivity contribution in [3.05, 3.63) is 35.4 Å². The lowest BCUT2D eigenvalue weighted by Crippen LogP contribution is -2.46. The number of likely N-dealkylation sites (tertiary alicyclic amines) is 1. The summed E-state index contributed by atoms with van der Waals surface area (Å²) < 4.78 is 43.4. The highest BCUT2D eigenvalue weighted by Crippen LogP contribution is 2.29. The molecule has 0 spiro atoms. The molecule has 0 radical (unpaired) electrons. The fourth-order valence-corrected chi connectivity index (χ4v) is 3.57. The van der Waals surface area contributed by atoms with Crippen molar-refractivity contribution in [3.8, 4) is 0 Å². The number of halogens is 3. The Morgan fingerprint density at radius 3 is 2.52 bits per heavy atom. The van der Waals surface area contributed by atoms with Gasteiger partial charge in [-0.1, -0.05) is 12.1 Å². The van der Waals surface area contributed by atoms with Gasteiger partial charge in [-0.3, -0.25) is 4.90 Å². The number of nitrogens with one attached hydrogen (secondary N) is 1. The molecule has 5 nitrogen and oxygen atoms in total. The van der Waals surface area contributed by atoms with Gasteiger partial charge in [0.25, 0.3) is 0 Å². The lowest BCUT2D eigenvalue weighted by molar-refractivity contribution is -0.137. The molecule has 0 bridgehead atoms. The minimum atomic E-state index is -4.30. The molecule has 150 valence electrons. The number of aliphatic imine (C=N–C) groups is 1. The van der Waals surface area contributed by atoms with Crippen molar-refractivity contribution in [1.29, 1.82) is 0 Å². The van der Waals surface area contributed by atoms with Crippen molar-refractivity contribution < 1.29 is 17.9 Å². The third kappa shape index (κ3) is 5.35. The van der Waals surface area contributed by atoms with Crippen LogP contribution in [0.15, 0.2) is 29.3 Å². The summed E-state index contributed by atoms with van der Waals surface area (Å²) in [6, 6.07) is 5.72. The smallest absolute Gasteiger partial charge is 0.379 e. The fourth-order valence-electron chi connectivity index (χ4n) is 3.57. The van der Waals surface area contributed by atoms with Crippen LogP contribution in [0.25, 0.3) is 0 Å². The second-order valence-electron chi connectivity index (χ2n) is 6.90. The zero-order chi connectivity index (χ0) is 19.3. The van der Waals surface area contributed by atoms with Gasteiger partial charge in [0, 0.05) is 38.8 Å². The third-order valence-electron chi connectivity index (χ3n) is 5.05. The molecule has 1 aromatic carbocycles. The van der Waals surface area contributed by atoms with Crippen LogP contribution in [-0.2, 0) is 17.5 Å². The molecule has 2 fully saturated rings. The van der Waals surface area contributed by atoms with E-state index in [-0.39, 0.29) is 0 Å². The van der Waals surface area contributed by atoms with Gasteiger partial charge in [-0.05, 0) is 31.0 Å². The summed E-state index contributed by atoms with van der Waals surface area (Å²) in [4.78, 5) is 9.36. The zero-order valence-electron chi connectivity index (χ0n) is 15.6. The van der Waals surface area contributed by atoms with Crippen LogP contribution in [0.3, 0.4) is 0 Å². The maximum atomic E-state index is 12.7. The number of nitrogens with zero attached hydrogens (tertiary/aromatic N) is 3. The van der Waals surface area contributed by atoms with E-state index in [0.29, 0.717) is 12.6 Å². The maximum absolute atomic E-state index is 12.7. The molecule has 27 heavy (non-hydrogen) atoms. The van der Waals surface area contributed by atoms with Crippen molar-refractivity contribution in [2.75, 3.05) is 45.9 Å². The topological polar surface area (TPSA) is 40.1 Å². The minimum Gasteiger partial charge on any atom is -0.379 e. The Bertz CT molecular complexity index is 627. The van der Waals surface area contributed by atoms with Gasteiger partial charge < -0.3 is 15.0 Å². The van der Waals surface area contributed by atoms with Crippen LogP contribution in [0, 0.1) is 0 Å². The SMILES string of the molecule is CCNC(=NCc1ccc(C(F)(F)F)cc1)N1CCC(N2CCOCC2)C1. The molecular formula is C19H27F3N4O. The fraction of sp³-hybridized carbons (Fsp3) is 0.632. The quantitative estimate of drug-likeness (QED) is 0.640. The number of morpholine rings is 1. The number of guanidine groups is 1. The second-order valence-corrected chi connectivity index (χ2v) is 6.90. The summed E-state index contributed by atoms with van der Waals surface area (Å²) in [6.07, 6.45) is -3.22. The normalized spacial score (nSPS) is 22.3. The Morgan fingerprint density at radius 2 is 1.89 bits per heavy atom. The number of ether oxygens (including phenoxy) is 1. The molecule has 2 heterocycles. The number of rotatable bonds is 4. The molecule has 2 saturated heterocycles. The monoisotopic (exact) mass is 384 g/mol. The lowest BCUT2D eigenvalue weighted by atomic mass is 10.1. The van der Waals surface area contributed by atoms with Crippen LogP contribution in [0.4, 0.5) is 13.2 Å². The van der Waals surface area contributed by atoms with Gasteiger partial charge in [0.2, 0.25) is 0 Å². The van der Waals surface area contributed by atoms with E-state index >= 15 is 0 Å².